The van der Waals surface area contributed by atoms with Crippen molar-refractivity contribution < 1.29 is 0 Å². The summed E-state index contributed by atoms with van der Waals surface area (Å²) < 4.78 is 1.45. The molecule has 0 amide bonds. The van der Waals surface area contributed by atoms with Crippen molar-refractivity contribution in [2.75, 3.05) is 0 Å². The van der Waals surface area contributed by atoms with E-state index in [1.807, 2.05) is 0 Å². The summed E-state index contributed by atoms with van der Waals surface area (Å²) >= 11 is -0.553. The zero-order valence-electron chi connectivity index (χ0n) is 9.09. The number of hydrogen-bond donors (Lipinski definition) is 0. The second kappa shape index (κ2) is 4.20. The third-order valence-electron chi connectivity index (χ3n) is 3.29. The second-order valence-corrected chi connectivity index (χ2v) is 5.51. The van der Waals surface area contributed by atoms with Gasteiger partial charge in [0.15, 0.2) is 0 Å². The molecule has 0 spiro atoms. The average molecular weight is 207 g/mol. The van der Waals surface area contributed by atoms with Gasteiger partial charge in [-0.1, -0.05) is 11.1 Å². The van der Waals surface area contributed by atoms with E-state index in [-0.39, 0.29) is 0 Å². The van der Waals surface area contributed by atoms with Crippen molar-refractivity contribution in [3.8, 4) is 0 Å². The number of benzene rings is 1. The Bertz CT molecular complexity index is 313. The van der Waals surface area contributed by atoms with E-state index in [0.29, 0.717) is 0 Å². The van der Waals surface area contributed by atoms with Crippen LogP contribution in [0.1, 0.15) is 27.8 Å². The quantitative estimate of drug-likeness (QED) is 0.621. The van der Waals surface area contributed by atoms with Crippen LogP contribution in [0, 0.1) is 34.6 Å². The van der Waals surface area contributed by atoms with Crippen LogP contribution < -0.4 is 3.69 Å². The number of halogens is 1. The molecule has 0 saturated carbocycles. The predicted octanol–water partition coefficient (Wildman–Crippen LogP) is 2.71. The molecular formula is C11H15ClMg. The van der Waals surface area contributed by atoms with Crippen molar-refractivity contribution in [3.63, 3.8) is 0 Å². The van der Waals surface area contributed by atoms with Crippen LogP contribution in [-0.4, -0.2) is 19.3 Å². The Balaban J connectivity index is 3.56. The Morgan fingerprint density at radius 1 is 0.692 bits per heavy atom. The average Bonchev–Trinajstić information content (AvgIpc) is 2.13. The molecule has 0 nitrogen and oxygen atoms in total. The molecule has 0 aliphatic heterocycles. The molecule has 0 saturated heterocycles. The maximum Gasteiger partial charge on any atom is 0.539 e. The fourth-order valence-electron chi connectivity index (χ4n) is 1.78. The van der Waals surface area contributed by atoms with E-state index in [9.17, 15) is 0 Å². The van der Waals surface area contributed by atoms with E-state index in [1.165, 1.54) is 31.5 Å². The minimum Gasteiger partial charge on any atom is -0.336 e. The molecule has 0 N–H and O–H groups in total. The smallest absolute Gasteiger partial charge is 0.336 e. The van der Waals surface area contributed by atoms with E-state index >= 15 is 0 Å². The Morgan fingerprint density at radius 3 is 1.31 bits per heavy atom. The van der Waals surface area contributed by atoms with Gasteiger partial charge in [-0.15, -0.1) is 3.69 Å². The lowest BCUT2D eigenvalue weighted by atomic mass is 9.95. The molecule has 1 aromatic carbocycles. The van der Waals surface area contributed by atoms with Gasteiger partial charge >= 0.3 is 19.3 Å². The fraction of sp³-hybridized carbons (Fsp3) is 0.455. The summed E-state index contributed by atoms with van der Waals surface area (Å²) in [6.45, 7) is 11.0. The molecule has 68 valence electrons. The van der Waals surface area contributed by atoms with Crippen molar-refractivity contribution in [3.05, 3.63) is 27.8 Å². The Morgan fingerprint density at radius 2 is 1.00 bits per heavy atom. The maximum absolute atomic E-state index is 6.07. The lowest BCUT2D eigenvalue weighted by Crippen LogP contribution is -2.20. The van der Waals surface area contributed by atoms with Crippen molar-refractivity contribution in [2.45, 2.75) is 34.6 Å². The van der Waals surface area contributed by atoms with Crippen molar-refractivity contribution in [1.29, 1.82) is 0 Å². The molecule has 2 heteroatoms. The molecule has 1 rings (SSSR count). The molecular weight excluding hydrogens is 192 g/mol. The highest BCUT2D eigenvalue weighted by Crippen LogP contribution is 2.18. The van der Waals surface area contributed by atoms with Crippen LogP contribution in [0.2, 0.25) is 0 Å². The first kappa shape index (κ1) is 11.4. The molecule has 0 aliphatic carbocycles. The van der Waals surface area contributed by atoms with Gasteiger partial charge in [-0.25, -0.2) is 0 Å². The van der Waals surface area contributed by atoms with Gasteiger partial charge in [-0.05, 0) is 51.3 Å². The van der Waals surface area contributed by atoms with Gasteiger partial charge in [0.05, 0.1) is 0 Å². The zero-order valence-corrected chi connectivity index (χ0v) is 11.3. The normalized spacial score (nSPS) is 10.0. The standard InChI is InChI=1S/C11H15.ClH.Mg/c1-7-6-8(2)10(4)11(5)9(7)3;;/h1-5H3;1H;/q;;+1/p-1. The molecule has 1 aromatic rings. The van der Waals surface area contributed by atoms with E-state index < -0.39 is 19.3 Å². The molecule has 0 aromatic heterocycles. The highest BCUT2D eigenvalue weighted by atomic mass is 35.5. The van der Waals surface area contributed by atoms with Crippen LogP contribution in [0.3, 0.4) is 0 Å². The van der Waals surface area contributed by atoms with Gasteiger partial charge < -0.3 is 9.07 Å². The number of rotatable bonds is 1. The van der Waals surface area contributed by atoms with Crippen LogP contribution in [0.5, 0.6) is 0 Å². The summed E-state index contributed by atoms with van der Waals surface area (Å²) in [6.07, 6.45) is 0. The van der Waals surface area contributed by atoms with E-state index in [2.05, 4.69) is 34.6 Å². The molecule has 0 bridgehead atoms. The summed E-state index contributed by atoms with van der Waals surface area (Å²) in [6, 6.07) is 0. The second-order valence-electron chi connectivity index (χ2n) is 3.74. The van der Waals surface area contributed by atoms with Gasteiger partial charge in [0, 0.05) is 0 Å². The molecule has 0 unspecified atom stereocenters. The lowest BCUT2D eigenvalue weighted by molar-refractivity contribution is 1.20. The summed E-state index contributed by atoms with van der Waals surface area (Å²) in [5, 5.41) is 0. The Labute approximate surface area is 94.2 Å². The van der Waals surface area contributed by atoms with Crippen LogP contribution in [0.4, 0.5) is 0 Å². The maximum atomic E-state index is 6.07. The predicted molar refractivity (Wildman–Crippen MR) is 61.4 cm³/mol. The highest BCUT2D eigenvalue weighted by molar-refractivity contribution is 7.01. The fourth-order valence-corrected chi connectivity index (χ4v) is 3.91. The van der Waals surface area contributed by atoms with Crippen molar-refractivity contribution >= 4 is 32.0 Å². The zero-order chi connectivity index (χ0) is 10.2. The van der Waals surface area contributed by atoms with Gasteiger partial charge in [-0.2, -0.15) is 0 Å². The monoisotopic (exact) mass is 206 g/mol. The Kier molecular flexibility index (Phi) is 3.67. The van der Waals surface area contributed by atoms with Crippen LogP contribution >= 0.6 is 9.07 Å². The van der Waals surface area contributed by atoms with Gasteiger partial charge in [0.25, 0.3) is 0 Å². The van der Waals surface area contributed by atoms with Gasteiger partial charge in [-0.3, -0.25) is 0 Å². The third kappa shape index (κ3) is 1.88. The van der Waals surface area contributed by atoms with Gasteiger partial charge in [0.2, 0.25) is 0 Å². The highest BCUT2D eigenvalue weighted by Gasteiger charge is 2.11. The summed E-state index contributed by atoms with van der Waals surface area (Å²) in [5.41, 5.74) is 7.11. The largest absolute Gasteiger partial charge is 0.539 e. The molecule has 13 heavy (non-hydrogen) atoms. The summed E-state index contributed by atoms with van der Waals surface area (Å²) in [5.74, 6) is 0. The minimum atomic E-state index is -0.553. The first-order valence-corrected chi connectivity index (χ1v) is 7.47. The van der Waals surface area contributed by atoms with Gasteiger partial charge in [0.1, 0.15) is 0 Å². The van der Waals surface area contributed by atoms with E-state index in [1.54, 1.807) is 0 Å². The first-order valence-electron chi connectivity index (χ1n) is 4.62. The topological polar surface area (TPSA) is 0 Å². The van der Waals surface area contributed by atoms with Crippen LogP contribution in [0.15, 0.2) is 0 Å². The van der Waals surface area contributed by atoms with Crippen molar-refractivity contribution in [2.24, 2.45) is 0 Å². The summed E-state index contributed by atoms with van der Waals surface area (Å²) in [7, 11) is 6.07. The number of hydrogen-bond acceptors (Lipinski definition) is 0. The van der Waals surface area contributed by atoms with Crippen LogP contribution in [0.25, 0.3) is 0 Å². The molecule has 0 radical (unpaired) electrons. The summed E-state index contributed by atoms with van der Waals surface area (Å²) in [4.78, 5) is 0. The van der Waals surface area contributed by atoms with Crippen LogP contribution in [-0.2, 0) is 0 Å². The third-order valence-corrected chi connectivity index (χ3v) is 5.42. The molecule has 0 heterocycles. The molecule has 0 fully saturated rings. The van der Waals surface area contributed by atoms with Crippen molar-refractivity contribution in [1.82, 2.24) is 0 Å². The molecule has 0 atom stereocenters. The Hall–Kier alpha value is 0.276. The lowest BCUT2D eigenvalue weighted by Gasteiger charge is -2.17. The van der Waals surface area contributed by atoms with E-state index in [4.69, 9.17) is 9.07 Å². The molecule has 0 aliphatic rings. The SMILES string of the molecule is Cc1c(C)c(C)[c]([Mg][Cl])c(C)c1C. The first-order chi connectivity index (χ1) is 6.00. The minimum absolute atomic E-state index is 0.553. The van der Waals surface area contributed by atoms with E-state index in [0.717, 1.165) is 0 Å².